The fourth-order valence-electron chi connectivity index (χ4n) is 2.05. The standard InChI is InChI=1S/C18H24N2O/c1-6-16-10-8-11-17(15(16)5)18(21)12-7-9-14(4)20-19-13(2)3/h6,8,10-11H,1,7,9,12H2,2-5H3/b20-14+. The first kappa shape index (κ1) is 17.0. The van der Waals surface area contributed by atoms with Crippen LogP contribution in [0.5, 0.6) is 0 Å². The van der Waals surface area contributed by atoms with E-state index in [0.717, 1.165) is 41.0 Å². The lowest BCUT2D eigenvalue weighted by atomic mass is 9.96. The summed E-state index contributed by atoms with van der Waals surface area (Å²) in [6, 6.07) is 5.76. The average Bonchev–Trinajstić information content (AvgIpc) is 2.45. The molecule has 1 aromatic rings. The molecule has 0 amide bonds. The van der Waals surface area contributed by atoms with Gasteiger partial charge in [-0.05, 0) is 51.7 Å². The summed E-state index contributed by atoms with van der Waals surface area (Å²) in [4.78, 5) is 12.3. The van der Waals surface area contributed by atoms with Crippen LogP contribution >= 0.6 is 0 Å². The molecule has 3 nitrogen and oxygen atoms in total. The van der Waals surface area contributed by atoms with E-state index >= 15 is 0 Å². The van der Waals surface area contributed by atoms with Crippen molar-refractivity contribution < 1.29 is 4.79 Å². The van der Waals surface area contributed by atoms with Crippen molar-refractivity contribution >= 4 is 23.3 Å². The normalized spacial score (nSPS) is 11.1. The molecule has 0 radical (unpaired) electrons. The molecule has 0 fully saturated rings. The summed E-state index contributed by atoms with van der Waals surface area (Å²) in [5, 5.41) is 8.14. The molecule has 112 valence electrons. The van der Waals surface area contributed by atoms with Gasteiger partial charge in [-0.15, -0.1) is 0 Å². The van der Waals surface area contributed by atoms with E-state index < -0.39 is 0 Å². The molecule has 21 heavy (non-hydrogen) atoms. The molecule has 0 aliphatic carbocycles. The molecule has 1 aromatic carbocycles. The maximum atomic E-state index is 12.3. The maximum Gasteiger partial charge on any atom is 0.163 e. The third-order valence-electron chi connectivity index (χ3n) is 3.26. The van der Waals surface area contributed by atoms with E-state index in [1.165, 1.54) is 0 Å². The minimum absolute atomic E-state index is 0.180. The van der Waals surface area contributed by atoms with Gasteiger partial charge in [0.05, 0.1) is 0 Å². The minimum Gasteiger partial charge on any atom is -0.294 e. The van der Waals surface area contributed by atoms with E-state index in [1.807, 2.05) is 45.9 Å². The Morgan fingerprint density at radius 2 is 1.90 bits per heavy atom. The lowest BCUT2D eigenvalue weighted by Crippen LogP contribution is -2.04. The SMILES string of the molecule is C=Cc1cccc(C(=O)CCC/C(C)=N/N=C(C)C)c1C. The van der Waals surface area contributed by atoms with Crippen molar-refractivity contribution in [3.8, 4) is 0 Å². The molecule has 0 aliphatic rings. The fraction of sp³-hybridized carbons (Fsp3) is 0.389. The van der Waals surface area contributed by atoms with Gasteiger partial charge in [-0.25, -0.2) is 0 Å². The van der Waals surface area contributed by atoms with Gasteiger partial charge in [0.1, 0.15) is 0 Å². The molecule has 0 aromatic heterocycles. The van der Waals surface area contributed by atoms with Gasteiger partial charge in [0, 0.05) is 23.4 Å². The number of hydrogen-bond acceptors (Lipinski definition) is 3. The van der Waals surface area contributed by atoms with E-state index in [0.29, 0.717) is 6.42 Å². The van der Waals surface area contributed by atoms with Crippen molar-refractivity contribution in [1.29, 1.82) is 0 Å². The highest BCUT2D eigenvalue weighted by Crippen LogP contribution is 2.17. The predicted molar refractivity (Wildman–Crippen MR) is 91.3 cm³/mol. The zero-order valence-electron chi connectivity index (χ0n) is 13.4. The number of ketones is 1. The molecule has 3 heteroatoms. The second-order valence-electron chi connectivity index (χ2n) is 5.38. The smallest absolute Gasteiger partial charge is 0.163 e. The highest BCUT2D eigenvalue weighted by molar-refractivity contribution is 5.98. The Morgan fingerprint density at radius 1 is 1.19 bits per heavy atom. The summed E-state index contributed by atoms with van der Waals surface area (Å²) in [6.07, 6.45) is 3.91. The first-order valence-electron chi connectivity index (χ1n) is 7.25. The van der Waals surface area contributed by atoms with Gasteiger partial charge < -0.3 is 0 Å². The summed E-state index contributed by atoms with van der Waals surface area (Å²) in [7, 11) is 0. The van der Waals surface area contributed by atoms with Crippen LogP contribution in [0.3, 0.4) is 0 Å². The Morgan fingerprint density at radius 3 is 2.52 bits per heavy atom. The van der Waals surface area contributed by atoms with E-state index in [-0.39, 0.29) is 5.78 Å². The van der Waals surface area contributed by atoms with Crippen molar-refractivity contribution in [2.75, 3.05) is 0 Å². The van der Waals surface area contributed by atoms with Crippen molar-refractivity contribution in [1.82, 2.24) is 0 Å². The van der Waals surface area contributed by atoms with Crippen LogP contribution in [0.1, 0.15) is 61.5 Å². The third kappa shape index (κ3) is 5.46. The molecule has 0 unspecified atom stereocenters. The highest BCUT2D eigenvalue weighted by atomic mass is 16.1. The number of carbonyl (C=O) groups is 1. The summed E-state index contributed by atoms with van der Waals surface area (Å²) >= 11 is 0. The quantitative estimate of drug-likeness (QED) is 0.401. The molecule has 0 saturated heterocycles. The summed E-state index contributed by atoms with van der Waals surface area (Å²) in [6.45, 7) is 11.5. The van der Waals surface area contributed by atoms with Crippen LogP contribution in [-0.2, 0) is 0 Å². The van der Waals surface area contributed by atoms with Crippen molar-refractivity contribution in [3.63, 3.8) is 0 Å². The van der Waals surface area contributed by atoms with Crippen LogP contribution < -0.4 is 0 Å². The fourth-order valence-corrected chi connectivity index (χ4v) is 2.05. The molecule has 0 aliphatic heterocycles. The number of nitrogens with zero attached hydrogens (tertiary/aromatic N) is 2. The van der Waals surface area contributed by atoms with Gasteiger partial charge in [-0.2, -0.15) is 10.2 Å². The zero-order chi connectivity index (χ0) is 15.8. The molecular formula is C18H24N2O. The molecule has 0 bridgehead atoms. The summed E-state index contributed by atoms with van der Waals surface area (Å²) in [5.74, 6) is 0.180. The lowest BCUT2D eigenvalue weighted by molar-refractivity contribution is 0.0980. The number of carbonyl (C=O) groups excluding carboxylic acids is 1. The monoisotopic (exact) mass is 284 g/mol. The topological polar surface area (TPSA) is 41.8 Å². The van der Waals surface area contributed by atoms with Crippen LogP contribution in [0.4, 0.5) is 0 Å². The van der Waals surface area contributed by atoms with Crippen LogP contribution in [-0.4, -0.2) is 17.2 Å². The Hall–Kier alpha value is -2.03. The Bertz CT molecular complexity index is 579. The van der Waals surface area contributed by atoms with Crippen molar-refractivity contribution in [2.45, 2.75) is 47.0 Å². The molecule has 0 saturated carbocycles. The molecule has 1 rings (SSSR count). The lowest BCUT2D eigenvalue weighted by Gasteiger charge is -2.07. The van der Waals surface area contributed by atoms with E-state index in [2.05, 4.69) is 16.8 Å². The van der Waals surface area contributed by atoms with Crippen LogP contribution in [0.15, 0.2) is 35.0 Å². The van der Waals surface area contributed by atoms with E-state index in [1.54, 1.807) is 6.08 Å². The molecule has 0 spiro atoms. The maximum absolute atomic E-state index is 12.3. The minimum atomic E-state index is 0.180. The van der Waals surface area contributed by atoms with Gasteiger partial charge in [-0.1, -0.05) is 30.9 Å². The Labute approximate surface area is 127 Å². The third-order valence-corrected chi connectivity index (χ3v) is 3.26. The van der Waals surface area contributed by atoms with Crippen molar-refractivity contribution in [3.05, 3.63) is 41.5 Å². The Kier molecular flexibility index (Phi) is 6.73. The number of Topliss-reactive ketones (excluding diaryl/α,β-unsaturated/α-hetero) is 1. The zero-order valence-corrected chi connectivity index (χ0v) is 13.4. The molecule has 0 N–H and O–H groups in total. The molecular weight excluding hydrogens is 260 g/mol. The highest BCUT2D eigenvalue weighted by Gasteiger charge is 2.10. The van der Waals surface area contributed by atoms with Gasteiger partial charge >= 0.3 is 0 Å². The molecule has 0 atom stereocenters. The average molecular weight is 284 g/mol. The van der Waals surface area contributed by atoms with Crippen LogP contribution in [0.25, 0.3) is 6.08 Å². The first-order chi connectivity index (χ1) is 9.95. The first-order valence-corrected chi connectivity index (χ1v) is 7.25. The van der Waals surface area contributed by atoms with Gasteiger partial charge in [0.25, 0.3) is 0 Å². The molecule has 0 heterocycles. The largest absolute Gasteiger partial charge is 0.294 e. The van der Waals surface area contributed by atoms with Crippen molar-refractivity contribution in [2.24, 2.45) is 10.2 Å². The van der Waals surface area contributed by atoms with Crippen LogP contribution in [0, 0.1) is 6.92 Å². The second-order valence-corrected chi connectivity index (χ2v) is 5.38. The number of benzene rings is 1. The number of hydrogen-bond donors (Lipinski definition) is 0. The predicted octanol–water partition coefficient (Wildman–Crippen LogP) is 4.85. The Balaban J connectivity index is 2.61. The van der Waals surface area contributed by atoms with Crippen LogP contribution in [0.2, 0.25) is 0 Å². The van der Waals surface area contributed by atoms with E-state index in [9.17, 15) is 4.79 Å². The van der Waals surface area contributed by atoms with Gasteiger partial charge in [0.15, 0.2) is 5.78 Å². The van der Waals surface area contributed by atoms with Gasteiger partial charge in [0.2, 0.25) is 0 Å². The summed E-state index contributed by atoms with van der Waals surface area (Å²) in [5.41, 5.74) is 4.72. The van der Waals surface area contributed by atoms with Gasteiger partial charge in [-0.3, -0.25) is 4.79 Å². The van der Waals surface area contributed by atoms with E-state index in [4.69, 9.17) is 0 Å². The number of rotatable bonds is 7. The second kappa shape index (κ2) is 8.30. The summed E-state index contributed by atoms with van der Waals surface area (Å²) < 4.78 is 0.